The average Bonchev–Trinajstić information content (AvgIpc) is 2.47. The molecule has 1 heterocycles. The van der Waals surface area contributed by atoms with E-state index in [-0.39, 0.29) is 0 Å². The van der Waals surface area contributed by atoms with Crippen molar-refractivity contribution in [1.82, 2.24) is 0 Å². The van der Waals surface area contributed by atoms with E-state index in [4.69, 9.17) is 0 Å². The molecule has 0 N–H and O–H groups in total. The van der Waals surface area contributed by atoms with Crippen molar-refractivity contribution in [3.8, 4) is 0 Å². The number of alkyl halides is 2. The molecule has 2 nitrogen and oxygen atoms in total. The van der Waals surface area contributed by atoms with Gasteiger partial charge in [0.05, 0.1) is 5.92 Å². The van der Waals surface area contributed by atoms with Gasteiger partial charge in [0.15, 0.2) is 0 Å². The first-order chi connectivity index (χ1) is 9.93. The van der Waals surface area contributed by atoms with E-state index in [9.17, 15) is 13.6 Å². The molecule has 0 spiro atoms. The normalized spacial score (nSPS) is 20.3. The van der Waals surface area contributed by atoms with Gasteiger partial charge in [-0.2, -0.15) is 8.78 Å². The smallest absolute Gasteiger partial charge is 0.310 e. The van der Waals surface area contributed by atoms with Gasteiger partial charge in [0.1, 0.15) is 0 Å². The van der Waals surface area contributed by atoms with Crippen molar-refractivity contribution in [2.45, 2.75) is 18.8 Å². The van der Waals surface area contributed by atoms with Gasteiger partial charge in [-0.3, -0.25) is 4.79 Å². The lowest BCUT2D eigenvalue weighted by Crippen LogP contribution is -2.50. The van der Waals surface area contributed by atoms with Gasteiger partial charge < -0.3 is 4.90 Å². The molecule has 0 aromatic heterocycles. The predicted molar refractivity (Wildman–Crippen MR) is 77.8 cm³/mol. The molecule has 3 rings (SSSR count). The molecular formula is C17H15F2NO. The molecule has 0 saturated heterocycles. The topological polar surface area (TPSA) is 20.3 Å². The second kappa shape index (κ2) is 4.65. The Balaban J connectivity index is 2.23. The molecule has 2 aromatic rings. The maximum Gasteiger partial charge on any atom is 0.335 e. The molecule has 0 fully saturated rings. The van der Waals surface area contributed by atoms with Crippen molar-refractivity contribution in [2.24, 2.45) is 0 Å². The number of para-hydroxylation sites is 1. The first kappa shape index (κ1) is 13.7. The van der Waals surface area contributed by atoms with E-state index >= 15 is 0 Å². The highest BCUT2D eigenvalue weighted by atomic mass is 19.3. The summed E-state index contributed by atoms with van der Waals surface area (Å²) in [6, 6.07) is 13.7. The van der Waals surface area contributed by atoms with Crippen LogP contribution >= 0.6 is 0 Å². The predicted octanol–water partition coefficient (Wildman–Crippen LogP) is 3.74. The Bertz CT molecular complexity index is 694. The lowest BCUT2D eigenvalue weighted by atomic mass is 9.81. The Morgan fingerprint density at radius 1 is 1.05 bits per heavy atom. The molecule has 0 bridgehead atoms. The number of carbonyl (C=O) groups is 1. The van der Waals surface area contributed by atoms with Gasteiger partial charge in [0.25, 0.3) is 5.91 Å². The Morgan fingerprint density at radius 2 is 1.67 bits per heavy atom. The van der Waals surface area contributed by atoms with E-state index in [1.807, 2.05) is 6.92 Å². The van der Waals surface area contributed by atoms with Gasteiger partial charge in [0.2, 0.25) is 0 Å². The lowest BCUT2D eigenvalue weighted by molar-refractivity contribution is -0.145. The van der Waals surface area contributed by atoms with Crippen LogP contribution in [0, 0.1) is 6.92 Å². The number of halogens is 2. The molecule has 1 atom stereocenters. The van der Waals surface area contributed by atoms with Gasteiger partial charge in [-0.1, -0.05) is 48.0 Å². The zero-order valence-corrected chi connectivity index (χ0v) is 11.8. The number of hydrogen-bond donors (Lipinski definition) is 0. The van der Waals surface area contributed by atoms with Crippen LogP contribution < -0.4 is 4.90 Å². The Kier molecular flexibility index (Phi) is 3.04. The molecule has 4 heteroatoms. The summed E-state index contributed by atoms with van der Waals surface area (Å²) in [5.74, 6) is -5.84. The van der Waals surface area contributed by atoms with Crippen LogP contribution in [0.2, 0.25) is 0 Å². The third-order valence-electron chi connectivity index (χ3n) is 3.97. The number of amides is 1. The maximum absolute atomic E-state index is 14.6. The number of hydrogen-bond acceptors (Lipinski definition) is 1. The third-order valence-corrected chi connectivity index (χ3v) is 3.97. The van der Waals surface area contributed by atoms with Crippen LogP contribution in [0.15, 0.2) is 48.5 Å². The number of benzene rings is 2. The van der Waals surface area contributed by atoms with Gasteiger partial charge in [-0.15, -0.1) is 0 Å². The molecule has 21 heavy (non-hydrogen) atoms. The second-order valence-corrected chi connectivity index (χ2v) is 5.39. The minimum atomic E-state index is -3.45. The Labute approximate surface area is 122 Å². The number of rotatable bonds is 1. The highest BCUT2D eigenvalue weighted by Crippen LogP contribution is 2.47. The van der Waals surface area contributed by atoms with Crippen LogP contribution in [0.25, 0.3) is 0 Å². The first-order valence-electron chi connectivity index (χ1n) is 6.74. The molecular weight excluding hydrogens is 272 g/mol. The van der Waals surface area contributed by atoms with Crippen molar-refractivity contribution < 1.29 is 13.6 Å². The van der Waals surface area contributed by atoms with E-state index in [0.717, 1.165) is 10.5 Å². The van der Waals surface area contributed by atoms with Crippen LogP contribution in [0.1, 0.15) is 22.6 Å². The van der Waals surface area contributed by atoms with Crippen molar-refractivity contribution in [3.05, 3.63) is 65.2 Å². The molecule has 1 aliphatic heterocycles. The van der Waals surface area contributed by atoms with E-state index in [1.54, 1.807) is 48.5 Å². The monoisotopic (exact) mass is 287 g/mol. The minimum Gasteiger partial charge on any atom is -0.310 e. The van der Waals surface area contributed by atoms with Gasteiger partial charge in [-0.05, 0) is 24.1 Å². The van der Waals surface area contributed by atoms with E-state index < -0.39 is 17.7 Å². The molecule has 1 aliphatic rings. The summed E-state index contributed by atoms with van der Waals surface area (Å²) in [4.78, 5) is 13.1. The molecule has 0 aliphatic carbocycles. The lowest BCUT2D eigenvalue weighted by Gasteiger charge is -2.37. The fraction of sp³-hybridized carbons (Fsp3) is 0.235. The SMILES string of the molecule is Cc1ccc(C2c3ccccc3N(C)C(=O)C2(F)F)cc1. The average molecular weight is 287 g/mol. The number of fused-ring (bicyclic) bond motifs is 1. The van der Waals surface area contributed by atoms with Crippen LogP contribution in [0.4, 0.5) is 14.5 Å². The molecule has 2 aromatic carbocycles. The quantitative estimate of drug-likeness (QED) is 0.782. The summed E-state index contributed by atoms with van der Waals surface area (Å²) in [6.45, 7) is 1.90. The summed E-state index contributed by atoms with van der Waals surface area (Å²) < 4.78 is 29.2. The highest BCUT2D eigenvalue weighted by Gasteiger charge is 2.54. The zero-order chi connectivity index (χ0) is 15.2. The zero-order valence-electron chi connectivity index (χ0n) is 11.8. The fourth-order valence-corrected chi connectivity index (χ4v) is 2.84. The maximum atomic E-state index is 14.6. The van der Waals surface area contributed by atoms with Crippen molar-refractivity contribution >= 4 is 11.6 Å². The second-order valence-electron chi connectivity index (χ2n) is 5.39. The van der Waals surface area contributed by atoms with Crippen LogP contribution in [0.3, 0.4) is 0 Å². The first-order valence-corrected chi connectivity index (χ1v) is 6.74. The minimum absolute atomic E-state index is 0.458. The van der Waals surface area contributed by atoms with Gasteiger partial charge >= 0.3 is 5.92 Å². The summed E-state index contributed by atoms with van der Waals surface area (Å²) >= 11 is 0. The molecule has 0 saturated carbocycles. The summed E-state index contributed by atoms with van der Waals surface area (Å²) in [6.07, 6.45) is 0. The van der Waals surface area contributed by atoms with Crippen molar-refractivity contribution in [1.29, 1.82) is 0 Å². The van der Waals surface area contributed by atoms with Crippen molar-refractivity contribution in [3.63, 3.8) is 0 Å². The summed E-state index contributed by atoms with van der Waals surface area (Å²) in [5.41, 5.74) is 2.47. The Hall–Kier alpha value is -2.23. The van der Waals surface area contributed by atoms with Crippen LogP contribution in [-0.2, 0) is 4.79 Å². The molecule has 108 valence electrons. The summed E-state index contributed by atoms with van der Waals surface area (Å²) in [7, 11) is 1.39. The number of carbonyl (C=O) groups excluding carboxylic acids is 1. The van der Waals surface area contributed by atoms with Gasteiger partial charge in [-0.25, -0.2) is 0 Å². The van der Waals surface area contributed by atoms with E-state index in [2.05, 4.69) is 0 Å². The van der Waals surface area contributed by atoms with E-state index in [0.29, 0.717) is 16.8 Å². The number of nitrogens with zero attached hydrogens (tertiary/aromatic N) is 1. The molecule has 0 radical (unpaired) electrons. The number of aryl methyl sites for hydroxylation is 1. The Morgan fingerprint density at radius 3 is 2.33 bits per heavy atom. The van der Waals surface area contributed by atoms with Crippen molar-refractivity contribution in [2.75, 3.05) is 11.9 Å². The van der Waals surface area contributed by atoms with Crippen LogP contribution in [0.5, 0.6) is 0 Å². The largest absolute Gasteiger partial charge is 0.335 e. The molecule has 1 amide bonds. The highest BCUT2D eigenvalue weighted by molar-refractivity contribution is 6.02. The number of anilines is 1. The standard InChI is InChI=1S/C17H15F2NO/c1-11-7-9-12(10-8-11)15-13-5-3-4-6-14(13)20(2)16(21)17(15,18)19/h3-10,15H,1-2H3. The van der Waals surface area contributed by atoms with E-state index in [1.165, 1.54) is 7.05 Å². The molecule has 1 unspecified atom stereocenters. The summed E-state index contributed by atoms with van der Waals surface area (Å²) in [5, 5.41) is 0. The van der Waals surface area contributed by atoms with Crippen LogP contribution in [-0.4, -0.2) is 18.9 Å². The fourth-order valence-electron chi connectivity index (χ4n) is 2.84. The van der Waals surface area contributed by atoms with Gasteiger partial charge in [0, 0.05) is 12.7 Å². The third kappa shape index (κ3) is 2.02.